The van der Waals surface area contributed by atoms with Gasteiger partial charge in [-0.05, 0) is 68.9 Å². The molecule has 4 aromatic carbocycles. The van der Waals surface area contributed by atoms with Gasteiger partial charge in [0.2, 0.25) is 5.82 Å². The predicted octanol–water partition coefficient (Wildman–Crippen LogP) is 6.52. The van der Waals surface area contributed by atoms with Gasteiger partial charge in [-0.1, -0.05) is 78.3 Å². The van der Waals surface area contributed by atoms with Crippen molar-refractivity contribution >= 4 is 11.6 Å². The van der Waals surface area contributed by atoms with Crippen molar-refractivity contribution < 1.29 is 0 Å². The van der Waals surface area contributed by atoms with Crippen LogP contribution >= 0.6 is 11.6 Å². The molecule has 0 aliphatic heterocycles. The molecule has 0 aliphatic carbocycles. The number of hydrogen-bond acceptors (Lipinski definition) is 3. The summed E-state index contributed by atoms with van der Waals surface area (Å²) >= 11 is 6.10. The number of nitrogens with zero attached hydrogens (tertiary/aromatic N) is 3. The minimum absolute atomic E-state index is 0.559. The van der Waals surface area contributed by atoms with Gasteiger partial charge < -0.3 is 0 Å². The second kappa shape index (κ2) is 7.93. The Morgan fingerprint density at radius 2 is 1.20 bits per heavy atom. The summed E-state index contributed by atoms with van der Waals surface area (Å²) in [7, 11) is 0. The minimum atomic E-state index is 0.559. The Balaban J connectivity index is 1.72. The number of tetrazole rings is 1. The molecule has 0 bridgehead atoms. The second-order valence-corrected chi connectivity index (χ2v) is 7.39. The lowest BCUT2D eigenvalue weighted by molar-refractivity contribution is 0.881. The van der Waals surface area contributed by atoms with Crippen molar-refractivity contribution in [2.24, 2.45) is 0 Å². The lowest BCUT2D eigenvalue weighted by Gasteiger charge is -2.13. The summed E-state index contributed by atoms with van der Waals surface area (Å²) in [6.07, 6.45) is 0. The van der Waals surface area contributed by atoms with E-state index < -0.39 is 0 Å². The van der Waals surface area contributed by atoms with E-state index in [2.05, 4.69) is 87.4 Å². The highest BCUT2D eigenvalue weighted by atomic mass is 35.5. The van der Waals surface area contributed by atoms with Gasteiger partial charge in [-0.3, -0.25) is 0 Å². The third-order valence-corrected chi connectivity index (χ3v) is 5.29. The molecule has 0 atom stereocenters. The molecule has 0 saturated heterocycles. The van der Waals surface area contributed by atoms with E-state index in [9.17, 15) is 0 Å². The number of halogens is 1. The summed E-state index contributed by atoms with van der Waals surface area (Å²) in [5.41, 5.74) is 7.60. The molecule has 5 aromatic rings. The van der Waals surface area contributed by atoms with Crippen LogP contribution in [0, 0.1) is 0 Å². The number of H-pyrrole nitrogens is 1. The fraction of sp³-hybridized carbons (Fsp3) is 0. The van der Waals surface area contributed by atoms with Gasteiger partial charge in [0.25, 0.3) is 0 Å². The fourth-order valence-electron chi connectivity index (χ4n) is 3.61. The van der Waals surface area contributed by atoms with Gasteiger partial charge in [0.15, 0.2) is 0 Å². The lowest BCUT2D eigenvalue weighted by Crippen LogP contribution is -1.90. The molecule has 144 valence electrons. The van der Waals surface area contributed by atoms with E-state index in [0.717, 1.165) is 27.8 Å². The van der Waals surface area contributed by atoms with Crippen molar-refractivity contribution in [2.45, 2.75) is 0 Å². The van der Waals surface area contributed by atoms with Crippen LogP contribution < -0.4 is 0 Å². The normalized spacial score (nSPS) is 10.8. The number of benzene rings is 4. The van der Waals surface area contributed by atoms with Gasteiger partial charge in [-0.25, -0.2) is 0 Å². The first-order valence-corrected chi connectivity index (χ1v) is 9.95. The van der Waals surface area contributed by atoms with Crippen LogP contribution in [0.4, 0.5) is 0 Å². The molecule has 5 heteroatoms. The number of hydrogen-bond donors (Lipinski definition) is 1. The topological polar surface area (TPSA) is 54.5 Å². The Morgan fingerprint density at radius 3 is 1.90 bits per heavy atom. The zero-order chi connectivity index (χ0) is 20.3. The largest absolute Gasteiger partial charge is 0.204 e. The minimum Gasteiger partial charge on any atom is -0.177 e. The number of aromatic nitrogens is 4. The molecule has 0 unspecified atom stereocenters. The summed E-state index contributed by atoms with van der Waals surface area (Å²) in [6, 6.07) is 33.0. The molecule has 30 heavy (non-hydrogen) atoms. The molecule has 0 spiro atoms. The third-order valence-electron chi connectivity index (χ3n) is 5.04. The molecule has 0 amide bonds. The third kappa shape index (κ3) is 3.61. The molecule has 0 aliphatic rings. The van der Waals surface area contributed by atoms with Crippen LogP contribution in [0.25, 0.3) is 44.8 Å². The number of nitrogens with one attached hydrogen (secondary N) is 1. The Labute approximate surface area is 179 Å². The lowest BCUT2D eigenvalue weighted by atomic mass is 9.91. The molecule has 0 saturated carbocycles. The molecule has 0 fully saturated rings. The molecule has 5 rings (SSSR count). The Kier molecular flexibility index (Phi) is 4.83. The molecule has 1 heterocycles. The summed E-state index contributed by atoms with van der Waals surface area (Å²) in [5.74, 6) is 0.559. The van der Waals surface area contributed by atoms with E-state index in [1.165, 1.54) is 11.1 Å². The van der Waals surface area contributed by atoms with Crippen LogP contribution in [0.2, 0.25) is 5.02 Å². The van der Waals surface area contributed by atoms with E-state index in [1.807, 2.05) is 30.3 Å². The van der Waals surface area contributed by atoms with Crippen molar-refractivity contribution in [2.75, 3.05) is 0 Å². The summed E-state index contributed by atoms with van der Waals surface area (Å²) in [6.45, 7) is 0. The zero-order valence-electron chi connectivity index (χ0n) is 16.0. The quantitative estimate of drug-likeness (QED) is 0.368. The highest BCUT2D eigenvalue weighted by molar-refractivity contribution is 6.30. The van der Waals surface area contributed by atoms with Crippen molar-refractivity contribution in [1.82, 2.24) is 20.6 Å². The van der Waals surface area contributed by atoms with E-state index in [4.69, 9.17) is 11.6 Å². The van der Waals surface area contributed by atoms with E-state index in [0.29, 0.717) is 10.8 Å². The van der Waals surface area contributed by atoms with Gasteiger partial charge in [-0.2, -0.15) is 5.21 Å². The molecule has 0 radical (unpaired) electrons. The standard InChI is InChI=1S/C25H17ClN4/c26-22-12-10-17(11-13-22)19-14-20(16-21(15-19)25-27-29-30-28-25)24-9-5-4-8-23(24)18-6-2-1-3-7-18/h1-16H,(H,27,28,29,30). The Morgan fingerprint density at radius 1 is 0.567 bits per heavy atom. The average molecular weight is 409 g/mol. The van der Waals surface area contributed by atoms with Crippen molar-refractivity contribution in [3.8, 4) is 44.8 Å². The molecular formula is C25H17ClN4. The fourth-order valence-corrected chi connectivity index (χ4v) is 3.74. The van der Waals surface area contributed by atoms with Crippen LogP contribution in [0.5, 0.6) is 0 Å². The van der Waals surface area contributed by atoms with Crippen LogP contribution in [0.3, 0.4) is 0 Å². The number of aromatic amines is 1. The van der Waals surface area contributed by atoms with Crippen molar-refractivity contribution in [3.63, 3.8) is 0 Å². The first kappa shape index (κ1) is 18.3. The van der Waals surface area contributed by atoms with Crippen molar-refractivity contribution in [1.29, 1.82) is 0 Å². The van der Waals surface area contributed by atoms with Crippen LogP contribution in [-0.4, -0.2) is 20.6 Å². The van der Waals surface area contributed by atoms with Gasteiger partial charge in [-0.15, -0.1) is 10.2 Å². The average Bonchev–Trinajstić information content (AvgIpc) is 3.35. The molecule has 1 aromatic heterocycles. The predicted molar refractivity (Wildman–Crippen MR) is 121 cm³/mol. The maximum absolute atomic E-state index is 6.10. The van der Waals surface area contributed by atoms with Crippen LogP contribution in [0.15, 0.2) is 97.1 Å². The van der Waals surface area contributed by atoms with Gasteiger partial charge in [0.1, 0.15) is 0 Å². The van der Waals surface area contributed by atoms with Crippen LogP contribution in [0.1, 0.15) is 0 Å². The van der Waals surface area contributed by atoms with Crippen molar-refractivity contribution in [3.05, 3.63) is 102 Å². The smallest absolute Gasteiger partial charge is 0.177 e. The highest BCUT2D eigenvalue weighted by Gasteiger charge is 2.13. The monoisotopic (exact) mass is 408 g/mol. The molecule has 4 nitrogen and oxygen atoms in total. The summed E-state index contributed by atoms with van der Waals surface area (Å²) in [5, 5.41) is 15.3. The summed E-state index contributed by atoms with van der Waals surface area (Å²) < 4.78 is 0. The van der Waals surface area contributed by atoms with Gasteiger partial charge >= 0.3 is 0 Å². The molecular weight excluding hydrogens is 392 g/mol. The Hall–Kier alpha value is -3.76. The zero-order valence-corrected chi connectivity index (χ0v) is 16.7. The second-order valence-electron chi connectivity index (χ2n) is 6.95. The Bertz CT molecular complexity index is 1280. The van der Waals surface area contributed by atoms with E-state index >= 15 is 0 Å². The van der Waals surface area contributed by atoms with Gasteiger partial charge in [0, 0.05) is 10.6 Å². The highest BCUT2D eigenvalue weighted by Crippen LogP contribution is 2.36. The first-order valence-electron chi connectivity index (χ1n) is 9.57. The maximum atomic E-state index is 6.10. The maximum Gasteiger partial charge on any atom is 0.204 e. The van der Waals surface area contributed by atoms with Gasteiger partial charge in [0.05, 0.1) is 0 Å². The first-order chi connectivity index (χ1) is 14.8. The summed E-state index contributed by atoms with van der Waals surface area (Å²) in [4.78, 5) is 0. The van der Waals surface area contributed by atoms with E-state index in [-0.39, 0.29) is 0 Å². The molecule has 1 N–H and O–H groups in total. The van der Waals surface area contributed by atoms with E-state index in [1.54, 1.807) is 0 Å². The number of rotatable bonds is 4. The van der Waals surface area contributed by atoms with Crippen LogP contribution in [-0.2, 0) is 0 Å². The SMILES string of the molecule is Clc1ccc(-c2cc(-c3nn[nH]n3)cc(-c3ccccc3-c3ccccc3)c2)cc1.